The number of benzene rings is 2. The van der Waals surface area contributed by atoms with Crippen LogP contribution < -0.4 is 9.47 Å². The van der Waals surface area contributed by atoms with Gasteiger partial charge < -0.3 is 19.5 Å². The number of carbonyl (C=O) groups is 1. The van der Waals surface area contributed by atoms with Gasteiger partial charge in [0.2, 0.25) is 0 Å². The van der Waals surface area contributed by atoms with E-state index in [4.69, 9.17) is 9.47 Å². The Kier molecular flexibility index (Phi) is 6.09. The molecule has 0 aliphatic carbocycles. The van der Waals surface area contributed by atoms with Crippen molar-refractivity contribution >= 4 is 12.1 Å². The lowest BCUT2D eigenvalue weighted by Crippen LogP contribution is -2.61. The summed E-state index contributed by atoms with van der Waals surface area (Å²) in [5.41, 5.74) is 2.43. The minimum Gasteiger partial charge on any atom is -0.493 e. The van der Waals surface area contributed by atoms with E-state index in [-0.39, 0.29) is 19.0 Å². The van der Waals surface area contributed by atoms with Gasteiger partial charge in [-0.1, -0.05) is 43.3 Å². The molecule has 0 radical (unpaired) electrons. The Morgan fingerprint density at radius 1 is 1.10 bits per heavy atom. The molecule has 2 aromatic rings. The summed E-state index contributed by atoms with van der Waals surface area (Å²) in [6, 6.07) is 13.8. The van der Waals surface area contributed by atoms with Gasteiger partial charge in [-0.25, -0.2) is 0 Å². The van der Waals surface area contributed by atoms with E-state index in [1.54, 1.807) is 24.3 Å². The van der Waals surface area contributed by atoms with Gasteiger partial charge in [-0.3, -0.25) is 9.79 Å². The molecule has 1 saturated heterocycles. The lowest BCUT2D eigenvalue weighted by atomic mass is 9.85. The van der Waals surface area contributed by atoms with Crippen LogP contribution in [0.5, 0.6) is 11.5 Å². The van der Waals surface area contributed by atoms with Crippen molar-refractivity contribution in [1.82, 2.24) is 4.90 Å². The highest BCUT2D eigenvalue weighted by atomic mass is 16.5. The molecule has 2 heterocycles. The van der Waals surface area contributed by atoms with Crippen molar-refractivity contribution in [3.8, 4) is 11.5 Å². The quantitative estimate of drug-likeness (QED) is 0.743. The molecular weight excluding hydrogens is 392 g/mol. The molecule has 162 valence electrons. The first kappa shape index (κ1) is 21.1. The predicted molar refractivity (Wildman–Crippen MR) is 119 cm³/mol. The zero-order valence-corrected chi connectivity index (χ0v) is 18.0. The zero-order chi connectivity index (χ0) is 21.8. The topological polar surface area (TPSA) is 71.4 Å². The number of aliphatic imine (C=N–C) groups is 1. The van der Waals surface area contributed by atoms with Gasteiger partial charge in [0.1, 0.15) is 17.9 Å². The number of hydrogen-bond acceptors (Lipinski definition) is 5. The molecular formula is C25H28N2O4. The van der Waals surface area contributed by atoms with E-state index in [1.807, 2.05) is 18.2 Å². The zero-order valence-electron chi connectivity index (χ0n) is 18.0. The molecule has 1 amide bonds. The molecule has 2 aromatic carbocycles. The monoisotopic (exact) mass is 420 g/mol. The van der Waals surface area contributed by atoms with E-state index in [0.717, 1.165) is 24.8 Å². The van der Waals surface area contributed by atoms with Gasteiger partial charge in [-0.05, 0) is 48.1 Å². The normalized spacial score (nSPS) is 17.0. The summed E-state index contributed by atoms with van der Waals surface area (Å²) in [6.07, 6.45) is 6.31. The standard InChI is InChI=1S/C25H28N2O4/c1-3-18-7-9-19(10-8-18)15-31-22-12-11-20(14-23(22)30-2)25(29)16-27(17-25)24(28)21-6-4-5-13-26-21/h6-14,29H,3-5,15-17H2,1-2H3. The van der Waals surface area contributed by atoms with Crippen LogP contribution in [0.4, 0.5) is 0 Å². The molecule has 1 fully saturated rings. The molecule has 0 aromatic heterocycles. The Labute approximate surface area is 182 Å². The number of ether oxygens (including phenoxy) is 2. The maximum absolute atomic E-state index is 12.5. The molecule has 4 rings (SSSR count). The van der Waals surface area contributed by atoms with Crippen LogP contribution in [0.2, 0.25) is 0 Å². The van der Waals surface area contributed by atoms with E-state index in [2.05, 4.69) is 36.2 Å². The number of methoxy groups -OCH3 is 1. The average Bonchev–Trinajstić information content (AvgIpc) is 2.81. The van der Waals surface area contributed by atoms with Crippen LogP contribution in [0.25, 0.3) is 0 Å². The molecule has 2 aliphatic heterocycles. The third kappa shape index (κ3) is 4.49. The lowest BCUT2D eigenvalue weighted by molar-refractivity contribution is -0.153. The van der Waals surface area contributed by atoms with Crippen molar-refractivity contribution in [3.05, 3.63) is 70.9 Å². The molecule has 0 spiro atoms. The number of allylic oxidation sites excluding steroid dienone is 1. The van der Waals surface area contributed by atoms with E-state index in [0.29, 0.717) is 29.4 Å². The summed E-state index contributed by atoms with van der Waals surface area (Å²) < 4.78 is 11.5. The minimum atomic E-state index is -1.10. The molecule has 0 atom stereocenters. The largest absolute Gasteiger partial charge is 0.493 e. The molecule has 6 nitrogen and oxygen atoms in total. The van der Waals surface area contributed by atoms with Crippen molar-refractivity contribution in [2.45, 2.75) is 38.4 Å². The summed E-state index contributed by atoms with van der Waals surface area (Å²) in [7, 11) is 1.58. The van der Waals surface area contributed by atoms with Crippen LogP contribution in [0.15, 0.2) is 59.2 Å². The highest BCUT2D eigenvalue weighted by Gasteiger charge is 2.46. The first-order valence-electron chi connectivity index (χ1n) is 10.7. The smallest absolute Gasteiger partial charge is 0.272 e. The number of β-amino-alcohol motifs (C(OH)–C–C–N with tert-alkyl or cyclic N) is 1. The molecule has 1 N–H and O–H groups in total. The summed E-state index contributed by atoms with van der Waals surface area (Å²) in [6.45, 7) is 3.02. The molecule has 0 saturated carbocycles. The van der Waals surface area contributed by atoms with Gasteiger partial charge in [0.25, 0.3) is 5.91 Å². The van der Waals surface area contributed by atoms with Gasteiger partial charge >= 0.3 is 0 Å². The fourth-order valence-corrected chi connectivity index (χ4v) is 3.83. The number of aryl methyl sites for hydroxylation is 1. The Morgan fingerprint density at radius 2 is 1.84 bits per heavy atom. The second kappa shape index (κ2) is 8.94. The second-order valence-electron chi connectivity index (χ2n) is 8.00. The Hall–Kier alpha value is -3.12. The van der Waals surface area contributed by atoms with Gasteiger partial charge in [-0.15, -0.1) is 0 Å². The highest BCUT2D eigenvalue weighted by molar-refractivity contribution is 5.95. The van der Waals surface area contributed by atoms with Crippen molar-refractivity contribution in [2.75, 3.05) is 20.2 Å². The maximum atomic E-state index is 12.5. The van der Waals surface area contributed by atoms with Crippen molar-refractivity contribution < 1.29 is 19.4 Å². The van der Waals surface area contributed by atoms with E-state index < -0.39 is 5.60 Å². The van der Waals surface area contributed by atoms with Crippen LogP contribution in [-0.4, -0.2) is 42.3 Å². The fourth-order valence-electron chi connectivity index (χ4n) is 3.83. The average molecular weight is 421 g/mol. The molecule has 2 aliphatic rings. The van der Waals surface area contributed by atoms with Gasteiger partial charge in [-0.2, -0.15) is 0 Å². The number of likely N-dealkylation sites (tertiary alicyclic amines) is 1. The maximum Gasteiger partial charge on any atom is 0.272 e. The lowest BCUT2D eigenvalue weighted by Gasteiger charge is -2.46. The predicted octanol–water partition coefficient (Wildman–Crippen LogP) is 3.61. The summed E-state index contributed by atoms with van der Waals surface area (Å²) >= 11 is 0. The second-order valence-corrected chi connectivity index (χ2v) is 8.00. The number of hydrogen-bond donors (Lipinski definition) is 1. The molecule has 6 heteroatoms. The minimum absolute atomic E-state index is 0.137. The highest BCUT2D eigenvalue weighted by Crippen LogP contribution is 2.38. The summed E-state index contributed by atoms with van der Waals surface area (Å²) in [4.78, 5) is 18.3. The Bertz CT molecular complexity index is 1000. The van der Waals surface area contributed by atoms with E-state index in [1.165, 1.54) is 5.56 Å². The number of amides is 1. The Balaban J connectivity index is 1.41. The van der Waals surface area contributed by atoms with Gasteiger partial charge in [0.15, 0.2) is 11.5 Å². The number of aliphatic hydroxyl groups is 1. The number of nitrogens with zero attached hydrogens (tertiary/aromatic N) is 2. The van der Waals surface area contributed by atoms with Gasteiger partial charge in [0, 0.05) is 6.21 Å². The van der Waals surface area contributed by atoms with Crippen LogP contribution in [0.3, 0.4) is 0 Å². The van der Waals surface area contributed by atoms with Crippen LogP contribution in [0, 0.1) is 0 Å². The third-order valence-corrected chi connectivity index (χ3v) is 5.80. The van der Waals surface area contributed by atoms with E-state index >= 15 is 0 Å². The van der Waals surface area contributed by atoms with E-state index in [9.17, 15) is 9.90 Å². The summed E-state index contributed by atoms with van der Waals surface area (Å²) in [5.74, 6) is 1.03. The SMILES string of the molecule is CCc1ccc(COc2ccc(C3(O)CN(C(=O)C4=CCCC=N4)C3)cc2OC)cc1. The summed E-state index contributed by atoms with van der Waals surface area (Å²) in [5, 5.41) is 11.0. The van der Waals surface area contributed by atoms with Crippen molar-refractivity contribution in [1.29, 1.82) is 0 Å². The van der Waals surface area contributed by atoms with Crippen molar-refractivity contribution in [2.24, 2.45) is 4.99 Å². The molecule has 31 heavy (non-hydrogen) atoms. The Morgan fingerprint density at radius 3 is 2.48 bits per heavy atom. The first-order valence-corrected chi connectivity index (χ1v) is 10.7. The van der Waals surface area contributed by atoms with Crippen molar-refractivity contribution in [3.63, 3.8) is 0 Å². The number of carbonyl (C=O) groups excluding carboxylic acids is 1. The van der Waals surface area contributed by atoms with Crippen LogP contribution in [-0.2, 0) is 23.4 Å². The fraction of sp³-hybridized carbons (Fsp3) is 0.360. The first-order chi connectivity index (χ1) is 15.0. The number of rotatable bonds is 7. The van der Waals surface area contributed by atoms with Gasteiger partial charge in [0.05, 0.1) is 20.2 Å². The molecule has 0 bridgehead atoms. The third-order valence-electron chi connectivity index (χ3n) is 5.80. The molecule has 0 unspecified atom stereocenters. The van der Waals surface area contributed by atoms with Crippen LogP contribution >= 0.6 is 0 Å². The van der Waals surface area contributed by atoms with Crippen LogP contribution in [0.1, 0.15) is 36.5 Å².